The van der Waals surface area contributed by atoms with Gasteiger partial charge in [0, 0.05) is 24.9 Å². The molecule has 9 heteroatoms. The lowest BCUT2D eigenvalue weighted by Crippen LogP contribution is -2.45. The van der Waals surface area contributed by atoms with Gasteiger partial charge in [-0.05, 0) is 43.9 Å². The lowest BCUT2D eigenvalue weighted by molar-refractivity contribution is -0.152. The molecule has 2 aromatic rings. The number of rotatable bonds is 7. The van der Waals surface area contributed by atoms with Crippen LogP contribution in [0.2, 0.25) is 0 Å². The second-order valence-corrected chi connectivity index (χ2v) is 8.75. The van der Waals surface area contributed by atoms with Gasteiger partial charge in [0.05, 0.1) is 23.6 Å². The molecule has 0 spiro atoms. The number of benzene rings is 2. The fourth-order valence-electron chi connectivity index (χ4n) is 3.48. The summed E-state index contributed by atoms with van der Waals surface area (Å²) in [5.41, 5.74) is 1.31. The van der Waals surface area contributed by atoms with Crippen molar-refractivity contribution in [3.8, 4) is 5.75 Å². The summed E-state index contributed by atoms with van der Waals surface area (Å²) < 4.78 is 10.8. The Morgan fingerprint density at radius 3 is 2.41 bits per heavy atom. The molecule has 3 rings (SSSR count). The van der Waals surface area contributed by atoms with Crippen LogP contribution in [-0.4, -0.2) is 68.3 Å². The molecule has 0 aromatic heterocycles. The molecule has 2 atom stereocenters. The average Bonchev–Trinajstić information content (AvgIpc) is 2.86. The molecule has 0 aliphatic carbocycles. The zero-order valence-corrected chi connectivity index (χ0v) is 19.2. The van der Waals surface area contributed by atoms with Crippen molar-refractivity contribution < 1.29 is 29.0 Å². The Morgan fingerprint density at radius 1 is 1.16 bits per heavy atom. The van der Waals surface area contributed by atoms with Crippen LogP contribution in [0.1, 0.15) is 28.1 Å². The summed E-state index contributed by atoms with van der Waals surface area (Å²) in [5, 5.41) is 9.17. The van der Waals surface area contributed by atoms with Crippen LogP contribution in [0.15, 0.2) is 47.4 Å². The molecule has 8 nitrogen and oxygen atoms in total. The first kappa shape index (κ1) is 23.6. The van der Waals surface area contributed by atoms with Crippen molar-refractivity contribution in [3.05, 3.63) is 53.6 Å². The highest BCUT2D eigenvalue weighted by Crippen LogP contribution is 2.48. The van der Waals surface area contributed by atoms with Gasteiger partial charge in [0.15, 0.2) is 6.10 Å². The van der Waals surface area contributed by atoms with E-state index in [-0.39, 0.29) is 5.56 Å². The number of methoxy groups -OCH3 is 1. The highest BCUT2D eigenvalue weighted by Gasteiger charge is 2.42. The summed E-state index contributed by atoms with van der Waals surface area (Å²) >= 11 is 1.22. The van der Waals surface area contributed by atoms with Crippen molar-refractivity contribution in [2.45, 2.75) is 23.2 Å². The van der Waals surface area contributed by atoms with Crippen molar-refractivity contribution in [1.82, 2.24) is 4.90 Å². The van der Waals surface area contributed by atoms with E-state index in [2.05, 4.69) is 0 Å². The number of carboxylic acids is 1. The predicted molar refractivity (Wildman–Crippen MR) is 121 cm³/mol. The summed E-state index contributed by atoms with van der Waals surface area (Å²) in [6.07, 6.45) is -1.12. The van der Waals surface area contributed by atoms with Gasteiger partial charge in [-0.2, -0.15) is 0 Å². The molecular weight excluding hydrogens is 432 g/mol. The summed E-state index contributed by atoms with van der Waals surface area (Å²) in [5.74, 6) is -1.42. The number of hydrogen-bond acceptors (Lipinski definition) is 7. The molecule has 1 amide bonds. The number of thioether (sulfide) groups is 1. The topological polar surface area (TPSA) is 96.4 Å². The fourth-order valence-corrected chi connectivity index (χ4v) is 4.90. The maximum atomic E-state index is 13.7. The predicted octanol–water partition coefficient (Wildman–Crippen LogP) is 3.07. The maximum absolute atomic E-state index is 13.7. The maximum Gasteiger partial charge on any atom is 0.336 e. The summed E-state index contributed by atoms with van der Waals surface area (Å²) in [4.78, 5) is 41.5. The molecule has 0 radical (unpaired) electrons. The zero-order chi connectivity index (χ0) is 23.4. The van der Waals surface area contributed by atoms with Crippen molar-refractivity contribution in [2.24, 2.45) is 0 Å². The molecule has 1 heterocycles. The number of aromatic carboxylic acids is 1. The summed E-state index contributed by atoms with van der Waals surface area (Å²) in [7, 11) is 5.32. The largest absolute Gasteiger partial charge is 0.497 e. The Kier molecular flexibility index (Phi) is 7.42. The van der Waals surface area contributed by atoms with Crippen molar-refractivity contribution >= 4 is 35.3 Å². The lowest BCUT2D eigenvalue weighted by atomic mass is 10.1. The standard InChI is InChI=1S/C23H26N2O6S/c1-14(26)31-19-20(15-8-10-16(30-4)11-9-15)32-21-17(23(28)29)6-5-7-18(21)25(22(19)27)13-12-24(2)3/h5-11,19-20H,12-13H2,1-4H3,(H,28,29). The molecule has 1 N–H and O–H groups in total. The van der Waals surface area contributed by atoms with Crippen LogP contribution >= 0.6 is 11.8 Å². The molecule has 0 bridgehead atoms. The van der Waals surface area contributed by atoms with Gasteiger partial charge in [-0.3, -0.25) is 9.59 Å². The molecule has 0 saturated heterocycles. The number of fused-ring (bicyclic) bond motifs is 1. The lowest BCUT2D eigenvalue weighted by Gasteiger charge is -2.28. The third-order valence-corrected chi connectivity index (χ3v) is 6.49. The third kappa shape index (κ3) is 5.05. The first-order chi connectivity index (χ1) is 15.2. The zero-order valence-electron chi connectivity index (χ0n) is 18.4. The van der Waals surface area contributed by atoms with E-state index in [0.29, 0.717) is 29.4 Å². The molecule has 170 valence electrons. The summed E-state index contributed by atoms with van der Waals surface area (Å²) in [6.45, 7) is 2.12. The number of ether oxygens (including phenoxy) is 2. The number of carboxylic acid groups (broad SMARTS) is 1. The average molecular weight is 459 g/mol. The molecule has 2 aromatic carbocycles. The van der Waals surface area contributed by atoms with Crippen molar-refractivity contribution in [2.75, 3.05) is 39.2 Å². The van der Waals surface area contributed by atoms with E-state index in [4.69, 9.17) is 9.47 Å². The minimum atomic E-state index is -1.12. The molecule has 0 fully saturated rings. The van der Waals surface area contributed by atoms with Crippen molar-refractivity contribution in [1.29, 1.82) is 0 Å². The normalized spacial score (nSPS) is 18.2. The van der Waals surface area contributed by atoms with Crippen LogP contribution in [0.4, 0.5) is 5.69 Å². The first-order valence-corrected chi connectivity index (χ1v) is 10.9. The molecule has 32 heavy (non-hydrogen) atoms. The Bertz CT molecular complexity index is 1010. The highest BCUT2D eigenvalue weighted by molar-refractivity contribution is 8.00. The van der Waals surface area contributed by atoms with E-state index >= 15 is 0 Å². The van der Waals surface area contributed by atoms with Gasteiger partial charge in [0.1, 0.15) is 5.75 Å². The van der Waals surface area contributed by atoms with Crippen LogP contribution in [0.25, 0.3) is 0 Å². The SMILES string of the molecule is COc1ccc(C2Sc3c(C(=O)O)cccc3N(CCN(C)C)C(=O)C2OC(C)=O)cc1. The molecule has 2 unspecified atom stereocenters. The second-order valence-electron chi connectivity index (χ2n) is 7.59. The highest BCUT2D eigenvalue weighted by atomic mass is 32.2. The van der Waals surface area contributed by atoms with Gasteiger partial charge in [-0.15, -0.1) is 11.8 Å². The number of anilines is 1. The minimum Gasteiger partial charge on any atom is -0.497 e. The van der Waals surface area contributed by atoms with E-state index in [1.807, 2.05) is 19.0 Å². The molecule has 1 aliphatic rings. The van der Waals surface area contributed by atoms with Crippen LogP contribution in [0, 0.1) is 0 Å². The van der Waals surface area contributed by atoms with Gasteiger partial charge in [-0.25, -0.2) is 4.79 Å². The second kappa shape index (κ2) is 10.1. The van der Waals surface area contributed by atoms with Gasteiger partial charge < -0.3 is 24.4 Å². The monoisotopic (exact) mass is 458 g/mol. The summed E-state index contributed by atoms with van der Waals surface area (Å²) in [6, 6.07) is 11.9. The third-order valence-electron chi connectivity index (χ3n) is 5.05. The first-order valence-electron chi connectivity index (χ1n) is 10.0. The quantitative estimate of drug-likeness (QED) is 0.633. The van der Waals surface area contributed by atoms with Crippen molar-refractivity contribution in [3.63, 3.8) is 0 Å². The van der Waals surface area contributed by atoms with E-state index < -0.39 is 29.2 Å². The number of carbonyl (C=O) groups excluding carboxylic acids is 2. The van der Waals surface area contributed by atoms with E-state index in [9.17, 15) is 19.5 Å². The van der Waals surface area contributed by atoms with Crippen LogP contribution in [0.5, 0.6) is 5.75 Å². The fraction of sp³-hybridized carbons (Fsp3) is 0.348. The number of amides is 1. The Labute approximate surface area is 191 Å². The number of carbonyl (C=O) groups is 3. The van der Waals surface area contributed by atoms with Crippen LogP contribution in [-0.2, 0) is 14.3 Å². The minimum absolute atomic E-state index is 0.0946. The number of esters is 1. The van der Waals surface area contributed by atoms with E-state index in [1.54, 1.807) is 43.5 Å². The smallest absolute Gasteiger partial charge is 0.336 e. The Hall–Kier alpha value is -3.04. The van der Waals surface area contributed by atoms with E-state index in [1.165, 1.54) is 29.7 Å². The number of hydrogen-bond donors (Lipinski definition) is 1. The van der Waals surface area contributed by atoms with Gasteiger partial charge >= 0.3 is 11.9 Å². The molecular formula is C23H26N2O6S. The van der Waals surface area contributed by atoms with Gasteiger partial charge in [-0.1, -0.05) is 18.2 Å². The van der Waals surface area contributed by atoms with Crippen LogP contribution in [0.3, 0.4) is 0 Å². The Balaban J connectivity index is 2.18. The Morgan fingerprint density at radius 2 is 1.84 bits per heavy atom. The molecule has 0 saturated carbocycles. The number of nitrogens with zero attached hydrogens (tertiary/aromatic N) is 2. The van der Waals surface area contributed by atoms with Crippen LogP contribution < -0.4 is 9.64 Å². The molecule has 1 aliphatic heterocycles. The van der Waals surface area contributed by atoms with Gasteiger partial charge in [0.2, 0.25) is 0 Å². The van der Waals surface area contributed by atoms with Gasteiger partial charge in [0.25, 0.3) is 5.91 Å². The van der Waals surface area contributed by atoms with E-state index in [0.717, 1.165) is 5.56 Å². The number of likely N-dealkylation sites (N-methyl/N-ethyl adjacent to an activating group) is 1.